The molecule has 0 bridgehead atoms. The fourth-order valence-corrected chi connectivity index (χ4v) is 2.35. The molecule has 0 amide bonds. The van der Waals surface area contributed by atoms with Gasteiger partial charge in [-0.1, -0.05) is 20.3 Å². The molecule has 0 aromatic heterocycles. The molecule has 1 unspecified atom stereocenters. The Hall–Kier alpha value is -0.120. The van der Waals surface area contributed by atoms with Crippen LogP contribution in [0, 0.1) is 5.92 Å². The summed E-state index contributed by atoms with van der Waals surface area (Å²) in [6.07, 6.45) is 2.54. The highest BCUT2D eigenvalue weighted by Gasteiger charge is 2.17. The van der Waals surface area contributed by atoms with Crippen LogP contribution >= 0.6 is 0 Å². The Kier molecular flexibility index (Phi) is 6.22. The summed E-state index contributed by atoms with van der Waals surface area (Å²) in [7, 11) is 0. The van der Waals surface area contributed by atoms with Crippen LogP contribution in [-0.4, -0.2) is 55.6 Å². The Morgan fingerprint density at radius 1 is 1.07 bits per heavy atom. The van der Waals surface area contributed by atoms with E-state index in [1.54, 1.807) is 0 Å². The largest absolute Gasteiger partial charge is 0.330 e. The average Bonchev–Trinajstić information content (AvgIpc) is 2.29. The van der Waals surface area contributed by atoms with Crippen molar-refractivity contribution in [2.75, 3.05) is 45.8 Å². The van der Waals surface area contributed by atoms with Crippen molar-refractivity contribution in [3.8, 4) is 0 Å². The van der Waals surface area contributed by atoms with Crippen LogP contribution in [0.2, 0.25) is 0 Å². The summed E-state index contributed by atoms with van der Waals surface area (Å²) >= 11 is 0. The van der Waals surface area contributed by atoms with E-state index in [0.717, 1.165) is 6.54 Å². The summed E-state index contributed by atoms with van der Waals surface area (Å²) in [6, 6.07) is 0. The molecule has 0 saturated carbocycles. The zero-order chi connectivity index (χ0) is 11.1. The lowest BCUT2D eigenvalue weighted by molar-refractivity contribution is 0.121. The Bertz CT molecular complexity index is 153. The van der Waals surface area contributed by atoms with Crippen molar-refractivity contribution in [3.05, 3.63) is 0 Å². The summed E-state index contributed by atoms with van der Waals surface area (Å²) in [5.74, 6) is 0.711. The first kappa shape index (κ1) is 12.9. The minimum atomic E-state index is 0.711. The summed E-state index contributed by atoms with van der Waals surface area (Å²) in [5.41, 5.74) is 5.79. The molecule has 2 N–H and O–H groups in total. The predicted octanol–water partition coefficient (Wildman–Crippen LogP) is 0.999. The van der Waals surface area contributed by atoms with Gasteiger partial charge in [0.05, 0.1) is 0 Å². The molecule has 0 aliphatic carbocycles. The van der Waals surface area contributed by atoms with Gasteiger partial charge in [0.25, 0.3) is 0 Å². The Labute approximate surface area is 94.6 Å². The molecule has 0 spiro atoms. The highest BCUT2D eigenvalue weighted by molar-refractivity contribution is 4.74. The highest BCUT2D eigenvalue weighted by Crippen LogP contribution is 2.09. The van der Waals surface area contributed by atoms with E-state index in [2.05, 4.69) is 23.6 Å². The van der Waals surface area contributed by atoms with Crippen molar-refractivity contribution in [1.29, 1.82) is 0 Å². The van der Waals surface area contributed by atoms with Gasteiger partial charge in [0.15, 0.2) is 0 Å². The van der Waals surface area contributed by atoms with E-state index in [1.807, 2.05) is 0 Å². The lowest BCUT2D eigenvalue weighted by atomic mass is 10.0. The van der Waals surface area contributed by atoms with Gasteiger partial charge in [-0.2, -0.15) is 0 Å². The fraction of sp³-hybridized carbons (Fsp3) is 1.00. The molecule has 0 aromatic carbocycles. The Morgan fingerprint density at radius 3 is 2.13 bits per heavy atom. The first-order valence-electron chi connectivity index (χ1n) is 6.44. The van der Waals surface area contributed by atoms with Crippen molar-refractivity contribution < 1.29 is 0 Å². The van der Waals surface area contributed by atoms with Crippen LogP contribution in [-0.2, 0) is 0 Å². The van der Waals surface area contributed by atoms with Gasteiger partial charge < -0.3 is 15.5 Å². The van der Waals surface area contributed by atoms with Crippen LogP contribution in [0.5, 0.6) is 0 Å². The summed E-state index contributed by atoms with van der Waals surface area (Å²) in [5, 5.41) is 0. The van der Waals surface area contributed by atoms with Crippen molar-refractivity contribution in [2.45, 2.75) is 26.7 Å². The van der Waals surface area contributed by atoms with E-state index in [4.69, 9.17) is 5.73 Å². The van der Waals surface area contributed by atoms with E-state index in [0.29, 0.717) is 5.92 Å². The SMILES string of the molecule is CCCC(CN)CN1CCN(CC)CC1. The first-order valence-corrected chi connectivity index (χ1v) is 6.44. The molecule has 0 aromatic rings. The van der Waals surface area contributed by atoms with E-state index in [1.165, 1.54) is 52.1 Å². The molecule has 1 saturated heterocycles. The van der Waals surface area contributed by atoms with Gasteiger partial charge in [-0.3, -0.25) is 0 Å². The minimum absolute atomic E-state index is 0.711. The van der Waals surface area contributed by atoms with Crippen LogP contribution in [0.4, 0.5) is 0 Å². The topological polar surface area (TPSA) is 32.5 Å². The van der Waals surface area contributed by atoms with E-state index >= 15 is 0 Å². The molecule has 3 nitrogen and oxygen atoms in total. The van der Waals surface area contributed by atoms with E-state index in [-0.39, 0.29) is 0 Å². The molecule has 15 heavy (non-hydrogen) atoms. The summed E-state index contributed by atoms with van der Waals surface area (Å²) < 4.78 is 0. The van der Waals surface area contributed by atoms with Crippen LogP contribution in [0.3, 0.4) is 0 Å². The van der Waals surface area contributed by atoms with Gasteiger partial charge in [0.1, 0.15) is 0 Å². The van der Waals surface area contributed by atoms with Crippen LogP contribution in [0.15, 0.2) is 0 Å². The molecular formula is C12H27N3. The lowest BCUT2D eigenvalue weighted by Crippen LogP contribution is -2.48. The van der Waals surface area contributed by atoms with Gasteiger partial charge >= 0.3 is 0 Å². The van der Waals surface area contributed by atoms with Crippen molar-refractivity contribution in [1.82, 2.24) is 9.80 Å². The molecule has 1 aliphatic rings. The molecule has 1 aliphatic heterocycles. The second-order valence-electron chi connectivity index (χ2n) is 4.63. The molecular weight excluding hydrogens is 186 g/mol. The van der Waals surface area contributed by atoms with Gasteiger partial charge in [-0.15, -0.1) is 0 Å². The molecule has 1 rings (SSSR count). The third-order valence-corrected chi connectivity index (χ3v) is 3.46. The average molecular weight is 213 g/mol. The second-order valence-corrected chi connectivity index (χ2v) is 4.63. The highest BCUT2D eigenvalue weighted by atomic mass is 15.3. The van der Waals surface area contributed by atoms with Crippen LogP contribution in [0.1, 0.15) is 26.7 Å². The molecule has 90 valence electrons. The predicted molar refractivity (Wildman–Crippen MR) is 66.0 cm³/mol. The molecule has 1 fully saturated rings. The smallest absolute Gasteiger partial charge is 0.0110 e. The van der Waals surface area contributed by atoms with Gasteiger partial charge in [-0.25, -0.2) is 0 Å². The number of hydrogen-bond donors (Lipinski definition) is 1. The summed E-state index contributed by atoms with van der Waals surface area (Å²) in [6.45, 7) is 12.7. The summed E-state index contributed by atoms with van der Waals surface area (Å²) in [4.78, 5) is 5.10. The van der Waals surface area contributed by atoms with Gasteiger partial charge in [0, 0.05) is 32.7 Å². The number of hydrogen-bond acceptors (Lipinski definition) is 3. The third-order valence-electron chi connectivity index (χ3n) is 3.46. The Balaban J connectivity index is 2.21. The van der Waals surface area contributed by atoms with Crippen LogP contribution < -0.4 is 5.73 Å². The molecule has 0 radical (unpaired) electrons. The van der Waals surface area contributed by atoms with Crippen molar-refractivity contribution in [2.24, 2.45) is 11.7 Å². The number of piperazine rings is 1. The number of nitrogens with zero attached hydrogens (tertiary/aromatic N) is 2. The zero-order valence-electron chi connectivity index (χ0n) is 10.4. The van der Waals surface area contributed by atoms with Crippen LogP contribution in [0.25, 0.3) is 0 Å². The maximum absolute atomic E-state index is 5.79. The maximum Gasteiger partial charge on any atom is 0.0110 e. The fourth-order valence-electron chi connectivity index (χ4n) is 2.35. The molecule has 3 heteroatoms. The maximum atomic E-state index is 5.79. The van der Waals surface area contributed by atoms with E-state index < -0.39 is 0 Å². The minimum Gasteiger partial charge on any atom is -0.330 e. The van der Waals surface area contributed by atoms with Gasteiger partial charge in [0.2, 0.25) is 0 Å². The Morgan fingerprint density at radius 2 is 1.67 bits per heavy atom. The quantitative estimate of drug-likeness (QED) is 0.714. The van der Waals surface area contributed by atoms with Gasteiger partial charge in [-0.05, 0) is 25.4 Å². The zero-order valence-corrected chi connectivity index (χ0v) is 10.4. The molecule has 1 heterocycles. The van der Waals surface area contributed by atoms with E-state index in [9.17, 15) is 0 Å². The normalized spacial score (nSPS) is 21.8. The number of nitrogens with two attached hydrogens (primary N) is 1. The molecule has 1 atom stereocenters. The lowest BCUT2D eigenvalue weighted by Gasteiger charge is -2.35. The van der Waals surface area contributed by atoms with Crippen molar-refractivity contribution in [3.63, 3.8) is 0 Å². The first-order chi connectivity index (χ1) is 7.30. The number of rotatable bonds is 6. The van der Waals surface area contributed by atoms with Crippen molar-refractivity contribution >= 4 is 0 Å². The third kappa shape index (κ3) is 4.49. The standard InChI is InChI=1S/C12H27N3/c1-3-5-12(10-13)11-15-8-6-14(4-2)7-9-15/h12H,3-11,13H2,1-2H3. The second kappa shape index (κ2) is 7.20. The monoisotopic (exact) mass is 213 g/mol. The number of likely N-dealkylation sites (N-methyl/N-ethyl adjacent to an activating group) is 1.